The number of benzene rings is 1. The molecule has 0 aliphatic carbocycles. The molecule has 2 aromatic rings. The summed E-state index contributed by atoms with van der Waals surface area (Å²) in [6.45, 7) is 3.17. The Kier molecular flexibility index (Phi) is 5.26. The number of hydrogen-bond donors (Lipinski definition) is 1. The van der Waals surface area contributed by atoms with Crippen molar-refractivity contribution in [3.8, 4) is 0 Å². The Morgan fingerprint density at radius 1 is 1.24 bits per heavy atom. The average molecular weight is 328 g/mol. The Morgan fingerprint density at radius 3 is 2.67 bits per heavy atom. The number of anilines is 2. The molecule has 0 spiro atoms. The average Bonchev–Trinajstić information content (AvgIpc) is 2.41. The van der Waals surface area contributed by atoms with Crippen LogP contribution in [0.15, 0.2) is 30.3 Å². The largest absolute Gasteiger partial charge is 0.369 e. The molecule has 6 heteroatoms. The van der Waals surface area contributed by atoms with E-state index in [4.69, 9.17) is 23.2 Å². The van der Waals surface area contributed by atoms with Crippen LogP contribution in [0.3, 0.4) is 0 Å². The number of rotatable bonds is 5. The fourth-order valence-electron chi connectivity index (χ4n) is 2.00. The van der Waals surface area contributed by atoms with Gasteiger partial charge in [0.15, 0.2) is 0 Å². The quantitative estimate of drug-likeness (QED) is 0.870. The molecule has 0 atom stereocenters. The summed E-state index contributed by atoms with van der Waals surface area (Å²) in [7, 11) is 1.85. The van der Waals surface area contributed by atoms with Gasteiger partial charge in [-0.25, -0.2) is 9.37 Å². The molecule has 0 amide bonds. The third-order valence-electron chi connectivity index (χ3n) is 2.93. The lowest BCUT2D eigenvalue weighted by Crippen LogP contribution is -2.19. The maximum atomic E-state index is 13.2. The van der Waals surface area contributed by atoms with Crippen molar-refractivity contribution < 1.29 is 4.39 Å². The monoisotopic (exact) mass is 327 g/mol. The third-order valence-corrected chi connectivity index (χ3v) is 3.49. The van der Waals surface area contributed by atoms with Crippen molar-refractivity contribution in [2.24, 2.45) is 0 Å². The zero-order chi connectivity index (χ0) is 15.4. The highest BCUT2D eigenvalue weighted by Gasteiger charge is 2.13. The Hall–Kier alpha value is -1.52. The number of nitrogens with zero attached hydrogens (tertiary/aromatic N) is 2. The summed E-state index contributed by atoms with van der Waals surface area (Å²) in [4.78, 5) is 6.29. The molecule has 1 aromatic heterocycles. The second-order valence-electron chi connectivity index (χ2n) is 4.64. The number of halogens is 3. The normalized spacial score (nSPS) is 10.5. The van der Waals surface area contributed by atoms with Crippen molar-refractivity contribution in [1.29, 1.82) is 0 Å². The Labute approximate surface area is 133 Å². The van der Waals surface area contributed by atoms with Gasteiger partial charge in [0, 0.05) is 20.1 Å². The van der Waals surface area contributed by atoms with Crippen LogP contribution < -0.4 is 10.2 Å². The molecular weight excluding hydrogens is 312 g/mol. The van der Waals surface area contributed by atoms with Crippen LogP contribution in [0.2, 0.25) is 10.0 Å². The molecule has 0 aliphatic heterocycles. The molecule has 2 rings (SSSR count). The van der Waals surface area contributed by atoms with Gasteiger partial charge in [0.25, 0.3) is 0 Å². The lowest BCUT2D eigenvalue weighted by atomic mass is 10.2. The van der Waals surface area contributed by atoms with Crippen LogP contribution in [-0.4, -0.2) is 18.6 Å². The van der Waals surface area contributed by atoms with Crippen molar-refractivity contribution in [3.05, 3.63) is 51.8 Å². The van der Waals surface area contributed by atoms with Crippen molar-refractivity contribution in [2.45, 2.75) is 13.5 Å². The van der Waals surface area contributed by atoms with Gasteiger partial charge in [-0.2, -0.15) is 0 Å². The van der Waals surface area contributed by atoms with Gasteiger partial charge >= 0.3 is 0 Å². The summed E-state index contributed by atoms with van der Waals surface area (Å²) in [5.74, 6) is 0.926. The number of pyridine rings is 1. The minimum absolute atomic E-state index is 0.260. The first-order valence-corrected chi connectivity index (χ1v) is 7.32. The second-order valence-corrected chi connectivity index (χ2v) is 5.45. The summed E-state index contributed by atoms with van der Waals surface area (Å²) in [6, 6.07) is 8.10. The SMILES string of the molecule is CCNc1nc(N(C)Cc2cccc(F)c2)c(Cl)cc1Cl. The maximum Gasteiger partial charge on any atom is 0.149 e. The number of hydrogen-bond acceptors (Lipinski definition) is 3. The van der Waals surface area contributed by atoms with E-state index in [0.717, 1.165) is 5.56 Å². The molecule has 0 aliphatic rings. The van der Waals surface area contributed by atoms with Gasteiger partial charge in [0.1, 0.15) is 17.5 Å². The van der Waals surface area contributed by atoms with Crippen LogP contribution in [0.5, 0.6) is 0 Å². The van der Waals surface area contributed by atoms with E-state index in [9.17, 15) is 4.39 Å². The third kappa shape index (κ3) is 3.99. The number of aromatic nitrogens is 1. The lowest BCUT2D eigenvalue weighted by Gasteiger charge is -2.21. The molecule has 112 valence electrons. The van der Waals surface area contributed by atoms with Gasteiger partial charge in [0.05, 0.1) is 10.0 Å². The summed E-state index contributed by atoms with van der Waals surface area (Å²) in [5.41, 5.74) is 0.843. The van der Waals surface area contributed by atoms with Crippen molar-refractivity contribution >= 4 is 34.8 Å². The molecule has 21 heavy (non-hydrogen) atoms. The molecule has 0 saturated carbocycles. The Balaban J connectivity index is 2.26. The lowest BCUT2D eigenvalue weighted by molar-refractivity contribution is 0.625. The van der Waals surface area contributed by atoms with E-state index < -0.39 is 0 Å². The molecule has 0 fully saturated rings. The van der Waals surface area contributed by atoms with E-state index in [-0.39, 0.29) is 5.82 Å². The summed E-state index contributed by atoms with van der Waals surface area (Å²) in [6.07, 6.45) is 0. The molecule has 1 heterocycles. The van der Waals surface area contributed by atoms with E-state index in [2.05, 4.69) is 10.3 Å². The minimum atomic E-state index is -0.260. The van der Waals surface area contributed by atoms with Crippen LogP contribution in [-0.2, 0) is 6.54 Å². The first kappa shape index (κ1) is 15.9. The van der Waals surface area contributed by atoms with Crippen LogP contribution >= 0.6 is 23.2 Å². The van der Waals surface area contributed by atoms with E-state index in [1.165, 1.54) is 12.1 Å². The van der Waals surface area contributed by atoms with E-state index in [0.29, 0.717) is 34.8 Å². The van der Waals surface area contributed by atoms with Gasteiger partial charge in [0.2, 0.25) is 0 Å². The molecule has 1 N–H and O–H groups in total. The zero-order valence-corrected chi connectivity index (χ0v) is 13.3. The summed E-state index contributed by atoms with van der Waals surface area (Å²) >= 11 is 12.3. The van der Waals surface area contributed by atoms with Gasteiger partial charge in [-0.15, -0.1) is 0 Å². The topological polar surface area (TPSA) is 28.2 Å². The highest BCUT2D eigenvalue weighted by molar-refractivity contribution is 6.37. The molecule has 0 bridgehead atoms. The molecule has 1 aromatic carbocycles. The fraction of sp³-hybridized carbons (Fsp3) is 0.267. The van der Waals surface area contributed by atoms with Gasteiger partial charge in [-0.3, -0.25) is 0 Å². The predicted molar refractivity (Wildman–Crippen MR) is 86.9 cm³/mol. The van der Waals surface area contributed by atoms with Crippen molar-refractivity contribution in [3.63, 3.8) is 0 Å². The molecule has 0 saturated heterocycles. The standard InChI is InChI=1S/C15H16Cl2FN3/c1-3-19-14-12(16)8-13(17)15(20-14)21(2)9-10-5-4-6-11(18)7-10/h4-8H,3,9H2,1-2H3,(H,19,20). The van der Waals surface area contributed by atoms with Gasteiger partial charge < -0.3 is 10.2 Å². The van der Waals surface area contributed by atoms with Crippen LogP contribution in [0.25, 0.3) is 0 Å². The zero-order valence-electron chi connectivity index (χ0n) is 11.8. The smallest absolute Gasteiger partial charge is 0.149 e. The highest BCUT2D eigenvalue weighted by Crippen LogP contribution is 2.31. The molecular formula is C15H16Cl2FN3. The summed E-state index contributed by atoms with van der Waals surface area (Å²) in [5, 5.41) is 4.02. The van der Waals surface area contributed by atoms with Gasteiger partial charge in [-0.05, 0) is 30.7 Å². The van der Waals surface area contributed by atoms with Crippen LogP contribution in [0.1, 0.15) is 12.5 Å². The summed E-state index contributed by atoms with van der Waals surface area (Å²) < 4.78 is 13.2. The van der Waals surface area contributed by atoms with E-state index >= 15 is 0 Å². The Morgan fingerprint density at radius 2 is 2.00 bits per heavy atom. The van der Waals surface area contributed by atoms with E-state index in [1.807, 2.05) is 24.9 Å². The highest BCUT2D eigenvalue weighted by atomic mass is 35.5. The first-order chi connectivity index (χ1) is 10.0. The minimum Gasteiger partial charge on any atom is -0.369 e. The fourth-order valence-corrected chi connectivity index (χ4v) is 2.57. The number of nitrogens with one attached hydrogen (secondary N) is 1. The van der Waals surface area contributed by atoms with Gasteiger partial charge in [-0.1, -0.05) is 35.3 Å². The molecule has 0 unspecified atom stereocenters. The molecule has 3 nitrogen and oxygen atoms in total. The van der Waals surface area contributed by atoms with Crippen molar-refractivity contribution in [1.82, 2.24) is 4.98 Å². The Bertz CT molecular complexity index is 634. The first-order valence-electron chi connectivity index (χ1n) is 6.56. The maximum absolute atomic E-state index is 13.2. The second kappa shape index (κ2) is 6.96. The van der Waals surface area contributed by atoms with Crippen LogP contribution in [0, 0.1) is 5.82 Å². The predicted octanol–water partition coefficient (Wildman–Crippen LogP) is 4.60. The van der Waals surface area contributed by atoms with Crippen molar-refractivity contribution in [2.75, 3.05) is 23.8 Å². The van der Waals surface area contributed by atoms with E-state index in [1.54, 1.807) is 12.1 Å². The molecule has 0 radical (unpaired) electrons. The van der Waals surface area contributed by atoms with Crippen LogP contribution in [0.4, 0.5) is 16.0 Å².